The van der Waals surface area contributed by atoms with Crippen LogP contribution in [0.3, 0.4) is 0 Å². The van der Waals surface area contributed by atoms with Gasteiger partial charge in [-0.05, 0) is 49.4 Å². The second kappa shape index (κ2) is 9.11. The molecule has 0 saturated carbocycles. The van der Waals surface area contributed by atoms with Gasteiger partial charge in [-0.3, -0.25) is 14.9 Å². The molecule has 0 atom stereocenters. The van der Waals surface area contributed by atoms with Crippen LogP contribution in [0.2, 0.25) is 0 Å². The molecule has 2 aromatic carbocycles. The number of aryl methyl sites for hydroxylation is 2. The molecule has 0 bridgehead atoms. The van der Waals surface area contributed by atoms with Crippen molar-refractivity contribution in [2.75, 3.05) is 13.1 Å². The van der Waals surface area contributed by atoms with E-state index < -0.39 is 14.9 Å². The summed E-state index contributed by atoms with van der Waals surface area (Å²) in [6, 6.07) is 8.53. The van der Waals surface area contributed by atoms with Crippen LogP contribution in [0.15, 0.2) is 41.3 Å². The van der Waals surface area contributed by atoms with Gasteiger partial charge >= 0.3 is 0 Å². The van der Waals surface area contributed by atoms with Gasteiger partial charge in [-0.1, -0.05) is 18.2 Å². The van der Waals surface area contributed by atoms with Crippen molar-refractivity contribution in [2.45, 2.75) is 38.1 Å². The van der Waals surface area contributed by atoms with Gasteiger partial charge in [-0.15, -0.1) is 0 Å². The SMILES string of the molecule is Cc1ccc(CNC(=O)C2CCN(S(=O)(=O)c3cc([N+](=O)[O-])ccc3C)CC2)cc1F. The molecule has 0 radical (unpaired) electrons. The lowest BCUT2D eigenvalue weighted by Crippen LogP contribution is -2.43. The topological polar surface area (TPSA) is 110 Å². The van der Waals surface area contributed by atoms with Crippen LogP contribution in [0.25, 0.3) is 0 Å². The van der Waals surface area contributed by atoms with Crippen molar-refractivity contribution in [3.63, 3.8) is 0 Å². The Bertz CT molecular complexity index is 1110. The highest BCUT2D eigenvalue weighted by Crippen LogP contribution is 2.28. The lowest BCUT2D eigenvalue weighted by Gasteiger charge is -2.30. The van der Waals surface area contributed by atoms with Gasteiger partial charge in [0.1, 0.15) is 5.82 Å². The quantitative estimate of drug-likeness (QED) is 0.538. The average Bonchev–Trinajstić information content (AvgIpc) is 2.74. The normalized spacial score (nSPS) is 15.6. The van der Waals surface area contributed by atoms with Crippen molar-refractivity contribution in [1.29, 1.82) is 0 Å². The third-order valence-corrected chi connectivity index (χ3v) is 7.57. The van der Waals surface area contributed by atoms with E-state index in [2.05, 4.69) is 5.32 Å². The van der Waals surface area contributed by atoms with E-state index in [9.17, 15) is 27.7 Å². The van der Waals surface area contributed by atoms with E-state index in [1.54, 1.807) is 26.0 Å². The zero-order valence-corrected chi connectivity index (χ0v) is 18.1. The first-order valence-corrected chi connectivity index (χ1v) is 11.3. The molecule has 0 unspecified atom stereocenters. The number of nitro groups is 1. The number of halogens is 1. The molecule has 10 heteroatoms. The molecular weight excluding hydrogens is 425 g/mol. The Balaban J connectivity index is 1.62. The summed E-state index contributed by atoms with van der Waals surface area (Å²) in [5, 5.41) is 13.8. The van der Waals surface area contributed by atoms with Crippen LogP contribution in [0, 0.1) is 35.7 Å². The fourth-order valence-corrected chi connectivity index (χ4v) is 5.27. The van der Waals surface area contributed by atoms with Crippen LogP contribution in [-0.2, 0) is 21.4 Å². The number of rotatable bonds is 6. The summed E-state index contributed by atoms with van der Waals surface area (Å²) in [4.78, 5) is 22.8. The molecule has 2 aromatic rings. The number of non-ortho nitro benzene ring substituents is 1. The molecule has 166 valence electrons. The van der Waals surface area contributed by atoms with E-state index in [0.717, 1.165) is 6.07 Å². The second-order valence-corrected chi connectivity index (χ2v) is 9.59. The molecule has 1 saturated heterocycles. The molecule has 0 aromatic heterocycles. The fraction of sp³-hybridized carbons (Fsp3) is 0.381. The van der Waals surface area contributed by atoms with Crippen molar-refractivity contribution in [3.8, 4) is 0 Å². The summed E-state index contributed by atoms with van der Waals surface area (Å²) < 4.78 is 40.9. The first-order valence-electron chi connectivity index (χ1n) is 9.87. The number of hydrogen-bond acceptors (Lipinski definition) is 5. The van der Waals surface area contributed by atoms with Gasteiger partial charge in [0.05, 0.1) is 9.82 Å². The van der Waals surface area contributed by atoms with Gasteiger partial charge in [-0.25, -0.2) is 12.8 Å². The summed E-state index contributed by atoms with van der Waals surface area (Å²) in [5.74, 6) is -0.890. The minimum Gasteiger partial charge on any atom is -0.352 e. The number of carbonyl (C=O) groups is 1. The van der Waals surface area contributed by atoms with E-state index >= 15 is 0 Å². The lowest BCUT2D eigenvalue weighted by atomic mass is 9.97. The molecule has 1 N–H and O–H groups in total. The van der Waals surface area contributed by atoms with Crippen molar-refractivity contribution >= 4 is 21.6 Å². The molecular formula is C21H24FN3O5S. The van der Waals surface area contributed by atoms with E-state index in [-0.39, 0.29) is 47.9 Å². The Hall–Kier alpha value is -2.85. The van der Waals surface area contributed by atoms with Gasteiger partial charge in [-0.2, -0.15) is 4.31 Å². The molecule has 1 heterocycles. The van der Waals surface area contributed by atoms with E-state index in [0.29, 0.717) is 29.5 Å². The Morgan fingerprint density at radius 3 is 2.42 bits per heavy atom. The fourth-order valence-electron chi connectivity index (χ4n) is 3.56. The molecule has 1 amide bonds. The maximum Gasteiger partial charge on any atom is 0.270 e. The average molecular weight is 450 g/mol. The number of carbonyl (C=O) groups excluding carboxylic acids is 1. The van der Waals surface area contributed by atoms with Crippen LogP contribution in [0.5, 0.6) is 0 Å². The number of sulfonamides is 1. The van der Waals surface area contributed by atoms with Crippen LogP contribution in [0.1, 0.15) is 29.5 Å². The molecule has 1 aliphatic rings. The molecule has 8 nitrogen and oxygen atoms in total. The Morgan fingerprint density at radius 1 is 1.16 bits per heavy atom. The minimum absolute atomic E-state index is 0.0917. The largest absolute Gasteiger partial charge is 0.352 e. The molecule has 3 rings (SSSR count). The standard InChI is InChI=1S/C21H24FN3O5S/c1-14-3-5-16(11-19(14)22)13-23-21(26)17-7-9-24(10-8-17)31(29,30)20-12-18(25(27)28)6-4-15(20)2/h3-6,11-12,17H,7-10,13H2,1-2H3,(H,23,26). The zero-order valence-electron chi connectivity index (χ0n) is 17.3. The van der Waals surface area contributed by atoms with Crippen molar-refractivity contribution in [2.24, 2.45) is 5.92 Å². The summed E-state index contributed by atoms with van der Waals surface area (Å²) in [6.07, 6.45) is 0.669. The third-order valence-electron chi connectivity index (χ3n) is 5.53. The Labute approximate surface area is 180 Å². The minimum atomic E-state index is -3.91. The number of piperidine rings is 1. The molecule has 31 heavy (non-hydrogen) atoms. The van der Waals surface area contributed by atoms with Gasteiger partial charge in [0, 0.05) is 37.7 Å². The molecule has 0 aliphatic carbocycles. The number of hydrogen-bond donors (Lipinski definition) is 1. The van der Waals surface area contributed by atoms with Crippen molar-refractivity contribution in [1.82, 2.24) is 9.62 Å². The van der Waals surface area contributed by atoms with Crippen LogP contribution in [-0.4, -0.2) is 36.6 Å². The zero-order chi connectivity index (χ0) is 22.8. The van der Waals surface area contributed by atoms with Gasteiger partial charge in [0.15, 0.2) is 0 Å². The number of nitro benzene ring substituents is 1. The number of nitrogens with zero attached hydrogens (tertiary/aromatic N) is 2. The Morgan fingerprint density at radius 2 is 1.81 bits per heavy atom. The summed E-state index contributed by atoms with van der Waals surface area (Å²) in [6.45, 7) is 3.73. The van der Waals surface area contributed by atoms with Crippen molar-refractivity contribution < 1.29 is 22.5 Å². The lowest BCUT2D eigenvalue weighted by molar-refractivity contribution is -0.385. The number of benzene rings is 2. The number of amides is 1. The maximum absolute atomic E-state index is 13.6. The first-order chi connectivity index (χ1) is 14.6. The molecule has 0 spiro atoms. The van der Waals surface area contributed by atoms with Crippen LogP contribution < -0.4 is 5.32 Å². The van der Waals surface area contributed by atoms with E-state index in [4.69, 9.17) is 0 Å². The predicted octanol–water partition coefficient (Wildman–Crippen LogP) is 3.07. The van der Waals surface area contributed by atoms with E-state index in [1.807, 2.05) is 0 Å². The first kappa shape index (κ1) is 22.8. The smallest absolute Gasteiger partial charge is 0.270 e. The van der Waals surface area contributed by atoms with E-state index in [1.165, 1.54) is 22.5 Å². The third kappa shape index (κ3) is 5.08. The van der Waals surface area contributed by atoms with Crippen LogP contribution >= 0.6 is 0 Å². The maximum atomic E-state index is 13.6. The highest BCUT2D eigenvalue weighted by molar-refractivity contribution is 7.89. The summed E-state index contributed by atoms with van der Waals surface area (Å²) in [5.41, 5.74) is 1.32. The highest BCUT2D eigenvalue weighted by atomic mass is 32.2. The highest BCUT2D eigenvalue weighted by Gasteiger charge is 2.33. The summed E-state index contributed by atoms with van der Waals surface area (Å²) >= 11 is 0. The van der Waals surface area contributed by atoms with Gasteiger partial charge < -0.3 is 5.32 Å². The second-order valence-electron chi connectivity index (χ2n) is 7.69. The monoisotopic (exact) mass is 449 g/mol. The number of nitrogens with one attached hydrogen (secondary N) is 1. The van der Waals surface area contributed by atoms with Crippen molar-refractivity contribution in [3.05, 3.63) is 69.0 Å². The van der Waals surface area contributed by atoms with Gasteiger partial charge in [0.25, 0.3) is 5.69 Å². The molecule has 1 fully saturated rings. The summed E-state index contributed by atoms with van der Waals surface area (Å²) in [7, 11) is -3.91. The molecule has 1 aliphatic heterocycles. The van der Waals surface area contributed by atoms with Gasteiger partial charge in [0.2, 0.25) is 15.9 Å². The Kier molecular flexibility index (Phi) is 6.71. The predicted molar refractivity (Wildman–Crippen MR) is 112 cm³/mol. The van der Waals surface area contributed by atoms with Crippen LogP contribution in [0.4, 0.5) is 10.1 Å².